The second-order valence-corrected chi connectivity index (χ2v) is 7.82. The fourth-order valence-electron chi connectivity index (χ4n) is 3.58. The highest BCUT2D eigenvalue weighted by molar-refractivity contribution is 6.06. The van der Waals surface area contributed by atoms with E-state index in [2.05, 4.69) is 15.3 Å². The second-order valence-electron chi connectivity index (χ2n) is 7.82. The van der Waals surface area contributed by atoms with Gasteiger partial charge in [-0.1, -0.05) is 6.07 Å². The zero-order chi connectivity index (χ0) is 25.8. The van der Waals surface area contributed by atoms with E-state index in [1.54, 1.807) is 49.4 Å². The van der Waals surface area contributed by atoms with Crippen LogP contribution in [0.2, 0.25) is 0 Å². The van der Waals surface area contributed by atoms with Crippen molar-refractivity contribution < 1.29 is 28.6 Å². The highest BCUT2D eigenvalue weighted by atomic mass is 16.5. The Hall–Kier alpha value is -4.70. The minimum Gasteiger partial charge on any atom is -0.497 e. The maximum absolute atomic E-state index is 13.5. The van der Waals surface area contributed by atoms with E-state index in [0.29, 0.717) is 45.1 Å². The molecular formula is C26H24N4O6. The summed E-state index contributed by atoms with van der Waals surface area (Å²) in [6.45, 7) is 1.44. The number of rotatable bonds is 7. The molecule has 0 spiro atoms. The minimum atomic E-state index is -0.611. The molecule has 0 bridgehead atoms. The molecule has 0 unspecified atom stereocenters. The van der Waals surface area contributed by atoms with E-state index in [4.69, 9.17) is 19.6 Å². The first kappa shape index (κ1) is 24.4. The van der Waals surface area contributed by atoms with Gasteiger partial charge in [-0.2, -0.15) is 0 Å². The third kappa shape index (κ3) is 5.03. The number of aliphatic hydroxyl groups is 1. The first-order valence-electron chi connectivity index (χ1n) is 10.8. The fourth-order valence-corrected chi connectivity index (χ4v) is 3.58. The third-order valence-electron chi connectivity index (χ3n) is 5.44. The Morgan fingerprint density at radius 2 is 1.83 bits per heavy atom. The molecule has 2 aromatic carbocycles. The number of hydrogen-bond acceptors (Lipinski definition) is 8. The number of benzene rings is 2. The molecule has 0 atom stereocenters. The van der Waals surface area contributed by atoms with Gasteiger partial charge in [-0.25, -0.2) is 4.99 Å². The molecule has 0 fully saturated rings. The minimum absolute atomic E-state index is 0.0172. The van der Waals surface area contributed by atoms with E-state index in [1.165, 1.54) is 26.5 Å². The van der Waals surface area contributed by atoms with Crippen LogP contribution < -0.4 is 26.1 Å². The van der Waals surface area contributed by atoms with Crippen molar-refractivity contribution in [2.75, 3.05) is 19.5 Å². The van der Waals surface area contributed by atoms with E-state index >= 15 is 0 Å². The number of aromatic nitrogens is 1. The smallest absolute Gasteiger partial charge is 0.261 e. The Bertz CT molecular complexity index is 1520. The molecule has 0 radical (unpaired) electrons. The van der Waals surface area contributed by atoms with Crippen LogP contribution in [0.4, 0.5) is 11.4 Å². The standard InChI is InChI=1S/C26H24N4O6/c1-14-23-21(16(13-31)12-28-14)11-22(25(33)29-18-8-19(34-2)10-20(9-18)35-3)26(36-23)30-17-6-4-5-15(7-17)24(27)32/h4-12,31H,13H2,1-3H3,(H2,27,32)(H,29,33). The van der Waals surface area contributed by atoms with Crippen molar-refractivity contribution in [1.29, 1.82) is 0 Å². The monoisotopic (exact) mass is 488 g/mol. The lowest BCUT2D eigenvalue weighted by Gasteiger charge is -2.11. The van der Waals surface area contributed by atoms with Crippen molar-refractivity contribution in [2.45, 2.75) is 13.5 Å². The van der Waals surface area contributed by atoms with Gasteiger partial charge in [0.2, 0.25) is 11.5 Å². The van der Waals surface area contributed by atoms with Crippen LogP contribution in [0.1, 0.15) is 32.0 Å². The van der Waals surface area contributed by atoms with Crippen LogP contribution in [0.5, 0.6) is 11.5 Å². The van der Waals surface area contributed by atoms with E-state index in [9.17, 15) is 14.7 Å². The first-order chi connectivity index (χ1) is 17.3. The Labute approximate surface area is 206 Å². The summed E-state index contributed by atoms with van der Waals surface area (Å²) in [6.07, 6.45) is 1.52. The number of amides is 2. The highest BCUT2D eigenvalue weighted by Crippen LogP contribution is 2.27. The van der Waals surface area contributed by atoms with Gasteiger partial charge in [-0.15, -0.1) is 0 Å². The highest BCUT2D eigenvalue weighted by Gasteiger charge is 2.17. The summed E-state index contributed by atoms with van der Waals surface area (Å²) >= 11 is 0. The number of aliphatic hydroxyl groups excluding tert-OH is 1. The van der Waals surface area contributed by atoms with Crippen LogP contribution >= 0.6 is 0 Å². The average molecular weight is 489 g/mol. The summed E-state index contributed by atoms with van der Waals surface area (Å²) in [5, 5.41) is 13.1. The number of nitrogens with one attached hydrogen (secondary N) is 1. The molecule has 0 aliphatic rings. The van der Waals surface area contributed by atoms with Crippen molar-refractivity contribution in [3.8, 4) is 11.5 Å². The van der Waals surface area contributed by atoms with Crippen molar-refractivity contribution in [2.24, 2.45) is 10.7 Å². The number of primary amides is 1. The first-order valence-corrected chi connectivity index (χ1v) is 10.8. The summed E-state index contributed by atoms with van der Waals surface area (Å²) < 4.78 is 16.6. The van der Waals surface area contributed by atoms with Gasteiger partial charge < -0.3 is 30.0 Å². The van der Waals surface area contributed by atoms with Gasteiger partial charge in [0.1, 0.15) is 17.1 Å². The zero-order valence-corrected chi connectivity index (χ0v) is 19.9. The molecule has 36 heavy (non-hydrogen) atoms. The molecule has 10 nitrogen and oxygen atoms in total. The number of fused-ring (bicyclic) bond motifs is 1. The molecule has 4 rings (SSSR count). The maximum Gasteiger partial charge on any atom is 0.261 e. The summed E-state index contributed by atoms with van der Waals surface area (Å²) in [5.41, 5.74) is 7.90. The predicted molar refractivity (Wildman–Crippen MR) is 132 cm³/mol. The molecule has 0 aliphatic carbocycles. The molecule has 4 N–H and O–H groups in total. The molecule has 184 valence electrons. The van der Waals surface area contributed by atoms with Crippen LogP contribution in [0.25, 0.3) is 11.0 Å². The zero-order valence-electron chi connectivity index (χ0n) is 19.9. The maximum atomic E-state index is 13.5. The number of pyridine rings is 1. The lowest BCUT2D eigenvalue weighted by Crippen LogP contribution is -2.22. The predicted octanol–water partition coefficient (Wildman–Crippen LogP) is 3.23. The van der Waals surface area contributed by atoms with Crippen molar-refractivity contribution in [1.82, 2.24) is 4.98 Å². The van der Waals surface area contributed by atoms with Crippen molar-refractivity contribution in [3.05, 3.63) is 82.7 Å². The van der Waals surface area contributed by atoms with E-state index < -0.39 is 11.8 Å². The van der Waals surface area contributed by atoms with Gasteiger partial charge in [-0.3, -0.25) is 14.6 Å². The molecular weight excluding hydrogens is 464 g/mol. The molecule has 10 heteroatoms. The number of ether oxygens (including phenoxy) is 2. The normalized spacial score (nSPS) is 11.4. The van der Waals surface area contributed by atoms with Crippen molar-refractivity contribution >= 4 is 34.2 Å². The number of carbonyl (C=O) groups is 2. The second kappa shape index (κ2) is 10.3. The Balaban J connectivity index is 1.91. The Morgan fingerprint density at radius 1 is 1.11 bits per heavy atom. The van der Waals surface area contributed by atoms with E-state index in [-0.39, 0.29) is 23.3 Å². The third-order valence-corrected chi connectivity index (χ3v) is 5.44. The van der Waals surface area contributed by atoms with Crippen LogP contribution in [0, 0.1) is 6.92 Å². The Morgan fingerprint density at radius 3 is 2.47 bits per heavy atom. The molecule has 2 amide bonds. The van der Waals surface area contributed by atoms with E-state index in [1.807, 2.05) is 0 Å². The van der Waals surface area contributed by atoms with Gasteiger partial charge in [-0.05, 0) is 31.2 Å². The number of methoxy groups -OCH3 is 2. The quantitative estimate of drug-likeness (QED) is 0.361. The summed E-state index contributed by atoms with van der Waals surface area (Å²) in [7, 11) is 3.01. The van der Waals surface area contributed by atoms with Crippen LogP contribution in [-0.4, -0.2) is 36.1 Å². The molecule has 0 saturated heterocycles. The number of aryl methyl sites for hydroxylation is 1. The summed E-state index contributed by atoms with van der Waals surface area (Å²) in [4.78, 5) is 33.8. The van der Waals surface area contributed by atoms with Gasteiger partial charge in [0, 0.05) is 46.6 Å². The molecule has 0 saturated carbocycles. The lowest BCUT2D eigenvalue weighted by atomic mass is 10.1. The summed E-state index contributed by atoms with van der Waals surface area (Å²) in [6, 6.07) is 12.9. The van der Waals surface area contributed by atoms with Crippen LogP contribution in [0.3, 0.4) is 0 Å². The number of carbonyl (C=O) groups excluding carboxylic acids is 2. The SMILES string of the molecule is COc1cc(NC(=O)c2cc3c(CO)cnc(C)c3oc2=Nc2cccc(C(N)=O)c2)cc(OC)c1. The largest absolute Gasteiger partial charge is 0.497 e. The van der Waals surface area contributed by atoms with Gasteiger partial charge >= 0.3 is 0 Å². The Kier molecular flexibility index (Phi) is 6.98. The molecule has 2 aromatic heterocycles. The number of anilines is 1. The molecule has 4 aromatic rings. The van der Waals surface area contributed by atoms with Crippen LogP contribution in [0.15, 0.2) is 64.1 Å². The molecule has 0 aliphatic heterocycles. The van der Waals surface area contributed by atoms with Crippen LogP contribution in [-0.2, 0) is 6.61 Å². The van der Waals surface area contributed by atoms with Gasteiger partial charge in [0.25, 0.3) is 5.91 Å². The number of nitrogens with two attached hydrogens (primary N) is 1. The average Bonchev–Trinajstić information content (AvgIpc) is 2.88. The topological polar surface area (TPSA) is 149 Å². The number of hydrogen-bond donors (Lipinski definition) is 3. The van der Waals surface area contributed by atoms with Gasteiger partial charge in [0.15, 0.2) is 5.58 Å². The van der Waals surface area contributed by atoms with Crippen molar-refractivity contribution in [3.63, 3.8) is 0 Å². The molecule has 2 heterocycles. The summed E-state index contributed by atoms with van der Waals surface area (Å²) in [5.74, 6) is -0.158. The number of nitrogens with zero attached hydrogens (tertiary/aromatic N) is 2. The lowest BCUT2D eigenvalue weighted by molar-refractivity contribution is 0.0997. The van der Waals surface area contributed by atoms with E-state index in [0.717, 1.165) is 0 Å². The fraction of sp³-hybridized carbons (Fsp3) is 0.154. The van der Waals surface area contributed by atoms with Gasteiger partial charge in [0.05, 0.1) is 32.2 Å².